The summed E-state index contributed by atoms with van der Waals surface area (Å²) >= 11 is 0. The van der Waals surface area contributed by atoms with E-state index in [1.807, 2.05) is 37.9 Å². The van der Waals surface area contributed by atoms with Crippen LogP contribution in [0.3, 0.4) is 0 Å². The highest BCUT2D eigenvalue weighted by Gasteiger charge is 2.35. The maximum absolute atomic E-state index is 13.1. The van der Waals surface area contributed by atoms with Gasteiger partial charge in [0.15, 0.2) is 0 Å². The van der Waals surface area contributed by atoms with E-state index < -0.39 is 5.60 Å². The normalized spacial score (nSPS) is 19.1. The van der Waals surface area contributed by atoms with Crippen LogP contribution in [0.1, 0.15) is 69.5 Å². The van der Waals surface area contributed by atoms with Crippen molar-refractivity contribution in [2.24, 2.45) is 0 Å². The highest BCUT2D eigenvalue weighted by atomic mass is 16.6. The molecule has 4 heterocycles. The van der Waals surface area contributed by atoms with E-state index in [-0.39, 0.29) is 12.1 Å². The second kappa shape index (κ2) is 9.35. The van der Waals surface area contributed by atoms with Crippen LogP contribution >= 0.6 is 0 Å². The maximum Gasteiger partial charge on any atom is 0.410 e. The van der Waals surface area contributed by atoms with Gasteiger partial charge in [-0.15, -0.1) is 0 Å². The van der Waals surface area contributed by atoms with Gasteiger partial charge < -0.3 is 19.4 Å². The van der Waals surface area contributed by atoms with Gasteiger partial charge >= 0.3 is 6.09 Å². The Balaban J connectivity index is 1.57. The Bertz CT molecular complexity index is 1280. The molecule has 182 valence electrons. The van der Waals surface area contributed by atoms with Crippen LogP contribution in [-0.2, 0) is 9.47 Å². The third kappa shape index (κ3) is 4.76. The average molecular weight is 473 g/mol. The minimum atomic E-state index is -0.534. The van der Waals surface area contributed by atoms with Gasteiger partial charge in [-0.2, -0.15) is 0 Å². The predicted molar refractivity (Wildman–Crippen MR) is 136 cm³/mol. The van der Waals surface area contributed by atoms with Crippen LogP contribution in [0.2, 0.25) is 0 Å². The van der Waals surface area contributed by atoms with Gasteiger partial charge in [-0.1, -0.05) is 18.2 Å². The van der Waals surface area contributed by atoms with Gasteiger partial charge in [-0.25, -0.2) is 14.6 Å². The van der Waals surface area contributed by atoms with Crippen molar-refractivity contribution < 1.29 is 14.3 Å². The van der Waals surface area contributed by atoms with Crippen molar-refractivity contribution in [2.75, 3.05) is 19.8 Å². The number of rotatable bonds is 3. The molecule has 0 radical (unpaired) electrons. The topological polar surface area (TPSA) is 71.8 Å². The van der Waals surface area contributed by atoms with Crippen LogP contribution in [0, 0.1) is 6.57 Å². The van der Waals surface area contributed by atoms with Crippen LogP contribution in [0.15, 0.2) is 36.7 Å². The standard InChI is InChI=1S/C28H32N4O3/c1-28(2,3)35-27(33)32-11-5-6-25(32)22-14-19(7-8-21(22)18-9-12-34-13-10-18)20-15-23-24(29-4)17-31-26(23)30-16-20/h7-8,14-18,25H,5-6,9-13H2,1-3H3,(H,30,31)/t25-/m0/s1. The zero-order chi connectivity index (χ0) is 24.6. The second-order valence-corrected chi connectivity index (χ2v) is 10.5. The third-order valence-electron chi connectivity index (χ3n) is 6.95. The Hall–Kier alpha value is -3.37. The number of H-pyrrole nitrogens is 1. The Morgan fingerprint density at radius 1 is 1.17 bits per heavy atom. The number of nitrogens with one attached hydrogen (secondary N) is 1. The van der Waals surface area contributed by atoms with Gasteiger partial charge in [0.05, 0.1) is 12.6 Å². The van der Waals surface area contributed by atoms with Gasteiger partial charge in [0.2, 0.25) is 5.69 Å². The number of pyridine rings is 1. The number of benzene rings is 1. The van der Waals surface area contributed by atoms with Crippen molar-refractivity contribution in [3.05, 3.63) is 59.2 Å². The maximum atomic E-state index is 13.1. The van der Waals surface area contributed by atoms with E-state index in [1.54, 1.807) is 6.20 Å². The number of hydrogen-bond donors (Lipinski definition) is 1. The molecule has 1 N–H and O–H groups in total. The molecule has 1 atom stereocenters. The monoisotopic (exact) mass is 472 g/mol. The van der Waals surface area contributed by atoms with E-state index in [0.29, 0.717) is 23.8 Å². The smallest absolute Gasteiger partial charge is 0.410 e. The van der Waals surface area contributed by atoms with Crippen LogP contribution in [-0.4, -0.2) is 46.3 Å². The zero-order valence-corrected chi connectivity index (χ0v) is 20.6. The molecule has 3 aromatic rings. The van der Waals surface area contributed by atoms with E-state index in [0.717, 1.165) is 55.4 Å². The third-order valence-corrected chi connectivity index (χ3v) is 6.95. The molecule has 2 fully saturated rings. The lowest BCUT2D eigenvalue weighted by atomic mass is 9.84. The summed E-state index contributed by atoms with van der Waals surface area (Å²) in [5, 5.41) is 0.823. The molecule has 5 rings (SSSR count). The lowest BCUT2D eigenvalue weighted by molar-refractivity contribution is 0.0222. The van der Waals surface area contributed by atoms with E-state index in [4.69, 9.17) is 16.0 Å². The van der Waals surface area contributed by atoms with Crippen LogP contribution in [0.25, 0.3) is 27.0 Å². The molecular weight excluding hydrogens is 440 g/mol. The van der Waals surface area contributed by atoms with Crippen LogP contribution in [0.4, 0.5) is 10.5 Å². The summed E-state index contributed by atoms with van der Waals surface area (Å²) in [4.78, 5) is 26.3. The molecule has 2 aromatic heterocycles. The average Bonchev–Trinajstić information content (AvgIpc) is 3.50. The van der Waals surface area contributed by atoms with Crippen molar-refractivity contribution in [3.8, 4) is 11.1 Å². The molecule has 2 saturated heterocycles. The largest absolute Gasteiger partial charge is 0.444 e. The molecule has 0 spiro atoms. The Kier molecular flexibility index (Phi) is 6.24. The van der Waals surface area contributed by atoms with E-state index in [9.17, 15) is 4.79 Å². The fraction of sp³-hybridized carbons (Fsp3) is 0.464. The van der Waals surface area contributed by atoms with Crippen molar-refractivity contribution in [3.63, 3.8) is 0 Å². The number of likely N-dealkylation sites (tertiary alicyclic amines) is 1. The summed E-state index contributed by atoms with van der Waals surface area (Å²) in [6.07, 6.45) is 7.13. The number of ether oxygens (including phenoxy) is 2. The van der Waals surface area contributed by atoms with Gasteiger partial charge in [0.1, 0.15) is 11.2 Å². The molecule has 2 aliphatic heterocycles. The Morgan fingerprint density at radius 2 is 1.97 bits per heavy atom. The molecule has 7 nitrogen and oxygen atoms in total. The molecule has 35 heavy (non-hydrogen) atoms. The number of hydrogen-bond acceptors (Lipinski definition) is 4. The first-order chi connectivity index (χ1) is 16.8. The molecule has 0 unspecified atom stereocenters. The molecular formula is C28H32N4O3. The number of fused-ring (bicyclic) bond motifs is 1. The minimum Gasteiger partial charge on any atom is -0.444 e. The molecule has 7 heteroatoms. The fourth-order valence-electron chi connectivity index (χ4n) is 5.29. The number of amides is 1. The highest BCUT2D eigenvalue weighted by Crippen LogP contribution is 2.41. The molecule has 0 bridgehead atoms. The zero-order valence-electron chi connectivity index (χ0n) is 20.6. The fourth-order valence-corrected chi connectivity index (χ4v) is 5.29. The highest BCUT2D eigenvalue weighted by molar-refractivity contribution is 5.93. The summed E-state index contributed by atoms with van der Waals surface area (Å²) in [6.45, 7) is 15.4. The Labute approximate surface area is 206 Å². The van der Waals surface area contributed by atoms with Gasteiger partial charge in [0.25, 0.3) is 0 Å². The first-order valence-electron chi connectivity index (χ1n) is 12.4. The predicted octanol–water partition coefficient (Wildman–Crippen LogP) is 6.75. The number of carbonyl (C=O) groups is 1. The molecule has 2 aliphatic rings. The lowest BCUT2D eigenvalue weighted by Crippen LogP contribution is -2.36. The van der Waals surface area contributed by atoms with E-state index >= 15 is 0 Å². The second-order valence-electron chi connectivity index (χ2n) is 10.5. The number of aromatic amines is 1. The van der Waals surface area contributed by atoms with Crippen molar-refractivity contribution in [1.29, 1.82) is 0 Å². The quantitative estimate of drug-likeness (QED) is 0.428. The summed E-state index contributed by atoms with van der Waals surface area (Å²) in [6, 6.07) is 8.60. The van der Waals surface area contributed by atoms with Crippen molar-refractivity contribution >= 4 is 22.8 Å². The van der Waals surface area contributed by atoms with E-state index in [1.165, 1.54) is 11.1 Å². The van der Waals surface area contributed by atoms with Gasteiger partial charge in [-0.05, 0) is 80.7 Å². The van der Waals surface area contributed by atoms with E-state index in [2.05, 4.69) is 33.0 Å². The first-order valence-corrected chi connectivity index (χ1v) is 12.4. The van der Waals surface area contributed by atoms with Crippen LogP contribution < -0.4 is 0 Å². The molecule has 1 amide bonds. The number of carbonyl (C=O) groups excluding carboxylic acids is 1. The summed E-state index contributed by atoms with van der Waals surface area (Å²) < 4.78 is 11.4. The summed E-state index contributed by atoms with van der Waals surface area (Å²) in [7, 11) is 0. The van der Waals surface area contributed by atoms with Gasteiger partial charge in [-0.3, -0.25) is 0 Å². The number of nitrogens with zero attached hydrogens (tertiary/aromatic N) is 3. The van der Waals surface area contributed by atoms with Crippen molar-refractivity contribution in [2.45, 2.75) is 64.0 Å². The Morgan fingerprint density at radius 3 is 2.71 bits per heavy atom. The summed E-state index contributed by atoms with van der Waals surface area (Å²) in [5.74, 6) is 0.410. The lowest BCUT2D eigenvalue weighted by Gasteiger charge is -2.32. The molecule has 0 aliphatic carbocycles. The molecule has 0 saturated carbocycles. The first kappa shape index (κ1) is 23.4. The SMILES string of the molecule is [C-]#[N+]c1c[nH]c2ncc(-c3ccc(C4CCOCC4)c([C@@H]4CCCN4C(=O)OC(C)(C)C)c3)cc12. The number of aromatic nitrogens is 2. The minimum absolute atomic E-state index is 0.0228. The molecule has 1 aromatic carbocycles. The van der Waals surface area contributed by atoms with Crippen LogP contribution in [0.5, 0.6) is 0 Å². The van der Waals surface area contributed by atoms with Gasteiger partial charge in [0, 0.05) is 37.5 Å². The summed E-state index contributed by atoms with van der Waals surface area (Å²) in [5.41, 5.74) is 5.24. The van der Waals surface area contributed by atoms with Crippen molar-refractivity contribution in [1.82, 2.24) is 14.9 Å².